The van der Waals surface area contributed by atoms with Gasteiger partial charge in [0.1, 0.15) is 0 Å². The molecule has 21 heavy (non-hydrogen) atoms. The lowest BCUT2D eigenvalue weighted by Crippen LogP contribution is -2.35. The monoisotopic (exact) mass is 303 g/mol. The first kappa shape index (κ1) is 15.4. The summed E-state index contributed by atoms with van der Waals surface area (Å²) in [4.78, 5) is 0. The van der Waals surface area contributed by atoms with Gasteiger partial charge in [0, 0.05) is 17.0 Å². The Hall–Kier alpha value is -0.470. The fourth-order valence-corrected chi connectivity index (χ4v) is 5.21. The predicted octanol–water partition coefficient (Wildman–Crippen LogP) is 4.83. The van der Waals surface area contributed by atoms with Gasteiger partial charge in [-0.1, -0.05) is 50.1 Å². The van der Waals surface area contributed by atoms with E-state index in [2.05, 4.69) is 54.3 Å². The Kier molecular flexibility index (Phi) is 5.65. The summed E-state index contributed by atoms with van der Waals surface area (Å²) in [6.45, 7) is 3.45. The van der Waals surface area contributed by atoms with Crippen LogP contribution in [0.1, 0.15) is 56.9 Å². The van der Waals surface area contributed by atoms with Crippen molar-refractivity contribution in [3.05, 3.63) is 35.9 Å². The topological polar surface area (TPSA) is 12.0 Å². The molecule has 2 heteroatoms. The summed E-state index contributed by atoms with van der Waals surface area (Å²) in [7, 11) is 0. The van der Waals surface area contributed by atoms with Gasteiger partial charge in [0.2, 0.25) is 0 Å². The fourth-order valence-electron chi connectivity index (χ4n) is 3.70. The van der Waals surface area contributed by atoms with Crippen molar-refractivity contribution < 1.29 is 0 Å². The summed E-state index contributed by atoms with van der Waals surface area (Å²) < 4.78 is 0. The van der Waals surface area contributed by atoms with E-state index in [1.807, 2.05) is 0 Å². The second-order valence-corrected chi connectivity index (χ2v) is 8.05. The van der Waals surface area contributed by atoms with Gasteiger partial charge in [-0.15, -0.1) is 0 Å². The average molecular weight is 304 g/mol. The molecule has 1 N–H and O–H groups in total. The molecule has 0 aromatic heterocycles. The molecule has 2 aliphatic rings. The second kappa shape index (κ2) is 7.69. The van der Waals surface area contributed by atoms with Gasteiger partial charge in [0.15, 0.2) is 0 Å². The molecule has 2 saturated carbocycles. The van der Waals surface area contributed by atoms with Crippen LogP contribution in [0.2, 0.25) is 0 Å². The van der Waals surface area contributed by atoms with E-state index in [4.69, 9.17) is 0 Å². The Bertz CT molecular complexity index is 413. The third kappa shape index (κ3) is 4.26. The zero-order valence-electron chi connectivity index (χ0n) is 13.3. The molecule has 0 saturated heterocycles. The number of hydrogen-bond acceptors (Lipinski definition) is 2. The third-order valence-corrected chi connectivity index (χ3v) is 6.55. The maximum absolute atomic E-state index is 3.83. The molecular weight excluding hydrogens is 274 g/mol. The predicted molar refractivity (Wildman–Crippen MR) is 94.1 cm³/mol. The minimum atomic E-state index is 0.723. The van der Waals surface area contributed by atoms with Crippen molar-refractivity contribution >= 4 is 11.8 Å². The highest BCUT2D eigenvalue weighted by atomic mass is 32.2. The van der Waals surface area contributed by atoms with Crippen molar-refractivity contribution in [2.24, 2.45) is 5.92 Å². The van der Waals surface area contributed by atoms with Crippen molar-refractivity contribution in [3.63, 3.8) is 0 Å². The number of hydrogen-bond donors (Lipinski definition) is 1. The standard InChI is InChI=1S/C19H29NS/c1-2-12-20-19(14-21-16-10-6-7-11-16)18-13-17(18)15-8-4-3-5-9-15/h3-5,8-9,16-20H,2,6-7,10-14H2,1H3. The van der Waals surface area contributed by atoms with Gasteiger partial charge in [-0.05, 0) is 49.6 Å². The molecule has 0 radical (unpaired) electrons. The van der Waals surface area contributed by atoms with E-state index in [9.17, 15) is 0 Å². The molecule has 2 fully saturated rings. The number of nitrogens with one attached hydrogen (secondary N) is 1. The highest BCUT2D eigenvalue weighted by Gasteiger charge is 2.43. The summed E-state index contributed by atoms with van der Waals surface area (Å²) in [5.74, 6) is 3.00. The molecule has 0 aliphatic heterocycles. The summed E-state index contributed by atoms with van der Waals surface area (Å²) in [6, 6.07) is 11.8. The van der Waals surface area contributed by atoms with Gasteiger partial charge >= 0.3 is 0 Å². The van der Waals surface area contributed by atoms with Crippen LogP contribution in [0.3, 0.4) is 0 Å². The van der Waals surface area contributed by atoms with Gasteiger partial charge in [0.25, 0.3) is 0 Å². The first-order valence-electron chi connectivity index (χ1n) is 8.78. The number of benzene rings is 1. The second-order valence-electron chi connectivity index (χ2n) is 6.72. The van der Waals surface area contributed by atoms with Crippen LogP contribution in [0, 0.1) is 5.92 Å². The fraction of sp³-hybridized carbons (Fsp3) is 0.684. The van der Waals surface area contributed by atoms with Crippen molar-refractivity contribution in [1.29, 1.82) is 0 Å². The van der Waals surface area contributed by atoms with Crippen LogP contribution in [0.25, 0.3) is 0 Å². The van der Waals surface area contributed by atoms with Gasteiger partial charge in [0.05, 0.1) is 0 Å². The van der Waals surface area contributed by atoms with E-state index >= 15 is 0 Å². The largest absolute Gasteiger partial charge is 0.313 e. The molecule has 3 atom stereocenters. The van der Waals surface area contributed by atoms with Crippen LogP contribution < -0.4 is 5.32 Å². The van der Waals surface area contributed by atoms with Gasteiger partial charge in [-0.2, -0.15) is 11.8 Å². The van der Waals surface area contributed by atoms with Gasteiger partial charge < -0.3 is 5.32 Å². The lowest BCUT2D eigenvalue weighted by molar-refractivity contribution is 0.494. The van der Waals surface area contributed by atoms with E-state index < -0.39 is 0 Å². The quantitative estimate of drug-likeness (QED) is 0.738. The summed E-state index contributed by atoms with van der Waals surface area (Å²) in [5, 5.41) is 4.78. The van der Waals surface area contributed by atoms with Gasteiger partial charge in [-0.3, -0.25) is 0 Å². The molecule has 0 bridgehead atoms. The van der Waals surface area contributed by atoms with Crippen molar-refractivity contribution in [1.82, 2.24) is 5.32 Å². The first-order chi connectivity index (χ1) is 10.4. The molecule has 2 aliphatic carbocycles. The summed E-state index contributed by atoms with van der Waals surface area (Å²) in [5.41, 5.74) is 1.55. The minimum absolute atomic E-state index is 0.723. The lowest BCUT2D eigenvalue weighted by Gasteiger charge is -2.20. The van der Waals surface area contributed by atoms with Crippen LogP contribution in [0.5, 0.6) is 0 Å². The zero-order chi connectivity index (χ0) is 14.5. The maximum atomic E-state index is 3.83. The minimum Gasteiger partial charge on any atom is -0.313 e. The third-order valence-electron chi connectivity index (χ3n) is 5.05. The van der Waals surface area contributed by atoms with E-state index in [-0.39, 0.29) is 0 Å². The smallest absolute Gasteiger partial charge is 0.0192 e. The Morgan fingerprint density at radius 1 is 1.19 bits per heavy atom. The zero-order valence-corrected chi connectivity index (χ0v) is 14.1. The van der Waals surface area contributed by atoms with Crippen LogP contribution in [-0.2, 0) is 0 Å². The molecular formula is C19H29NS. The van der Waals surface area contributed by atoms with Crippen LogP contribution in [0.15, 0.2) is 30.3 Å². The average Bonchev–Trinajstić information content (AvgIpc) is 3.15. The summed E-state index contributed by atoms with van der Waals surface area (Å²) >= 11 is 2.25. The number of rotatable bonds is 8. The molecule has 0 amide bonds. The van der Waals surface area contributed by atoms with E-state index in [0.29, 0.717) is 0 Å². The lowest BCUT2D eigenvalue weighted by atomic mass is 10.1. The highest BCUT2D eigenvalue weighted by Crippen LogP contribution is 2.50. The highest BCUT2D eigenvalue weighted by molar-refractivity contribution is 7.99. The molecule has 1 nitrogen and oxygen atoms in total. The maximum Gasteiger partial charge on any atom is 0.0192 e. The van der Waals surface area contributed by atoms with E-state index in [1.165, 1.54) is 50.8 Å². The van der Waals surface area contributed by atoms with Crippen LogP contribution in [-0.4, -0.2) is 23.6 Å². The van der Waals surface area contributed by atoms with Crippen LogP contribution in [0.4, 0.5) is 0 Å². The Morgan fingerprint density at radius 3 is 2.67 bits per heavy atom. The van der Waals surface area contributed by atoms with Crippen molar-refractivity contribution in [3.8, 4) is 0 Å². The summed E-state index contributed by atoms with van der Waals surface area (Å²) in [6.07, 6.45) is 8.46. The normalized spacial score (nSPS) is 26.9. The molecule has 3 unspecified atom stereocenters. The molecule has 1 aromatic rings. The van der Waals surface area contributed by atoms with Crippen molar-refractivity contribution in [2.75, 3.05) is 12.3 Å². The Labute approximate surface area is 134 Å². The molecule has 3 rings (SSSR count). The Balaban J connectivity index is 1.52. The van der Waals surface area contributed by atoms with E-state index in [1.54, 1.807) is 5.56 Å². The van der Waals surface area contributed by atoms with Gasteiger partial charge in [-0.25, -0.2) is 0 Å². The molecule has 1 aromatic carbocycles. The molecule has 116 valence electrons. The van der Waals surface area contributed by atoms with Crippen molar-refractivity contribution in [2.45, 2.75) is 62.7 Å². The van der Waals surface area contributed by atoms with Crippen LogP contribution >= 0.6 is 11.8 Å². The first-order valence-corrected chi connectivity index (χ1v) is 9.83. The molecule has 0 heterocycles. The number of thioether (sulfide) groups is 1. The van der Waals surface area contributed by atoms with E-state index in [0.717, 1.165) is 23.1 Å². The SMILES string of the molecule is CCCNC(CSC1CCCC1)C1CC1c1ccccc1. The Morgan fingerprint density at radius 2 is 1.95 bits per heavy atom. The molecule has 0 spiro atoms.